The summed E-state index contributed by atoms with van der Waals surface area (Å²) in [4.78, 5) is 12.4. The molecule has 0 aliphatic heterocycles. The molecule has 0 saturated carbocycles. The fourth-order valence-electron chi connectivity index (χ4n) is 1.78. The number of hydrogen-bond donors (Lipinski definition) is 0. The maximum atomic E-state index is 12.4. The maximum absolute atomic E-state index is 12.4. The van der Waals surface area contributed by atoms with Gasteiger partial charge in [0, 0.05) is 0 Å². The molecule has 18 heavy (non-hydrogen) atoms. The highest BCUT2D eigenvalue weighted by Crippen LogP contribution is 2.24. The molecule has 0 aliphatic rings. The first-order valence-electron chi connectivity index (χ1n) is 5.94. The zero-order chi connectivity index (χ0) is 13.1. The van der Waals surface area contributed by atoms with E-state index in [1.165, 1.54) is 6.26 Å². The van der Waals surface area contributed by atoms with Crippen molar-refractivity contribution >= 4 is 5.78 Å². The highest BCUT2D eigenvalue weighted by atomic mass is 16.5. The van der Waals surface area contributed by atoms with Crippen LogP contribution in [0.4, 0.5) is 0 Å². The SMILES string of the molecule is Cc1occc1C(=O)c1ccccc1OC(C)C. The van der Waals surface area contributed by atoms with Crippen LogP contribution >= 0.6 is 0 Å². The summed E-state index contributed by atoms with van der Waals surface area (Å²) >= 11 is 0. The predicted molar refractivity (Wildman–Crippen MR) is 69.1 cm³/mol. The van der Waals surface area contributed by atoms with Crippen LogP contribution in [0.5, 0.6) is 5.75 Å². The quantitative estimate of drug-likeness (QED) is 0.771. The molecular weight excluding hydrogens is 228 g/mol. The summed E-state index contributed by atoms with van der Waals surface area (Å²) in [5.74, 6) is 1.16. The Morgan fingerprint density at radius 2 is 1.89 bits per heavy atom. The number of aryl methyl sites for hydroxylation is 1. The second kappa shape index (κ2) is 5.08. The first kappa shape index (κ1) is 12.4. The fourth-order valence-corrected chi connectivity index (χ4v) is 1.78. The third kappa shape index (κ3) is 2.45. The first-order chi connectivity index (χ1) is 8.59. The van der Waals surface area contributed by atoms with Crippen LogP contribution < -0.4 is 4.74 Å². The molecule has 0 N–H and O–H groups in total. The van der Waals surface area contributed by atoms with Gasteiger partial charge < -0.3 is 9.15 Å². The minimum atomic E-state index is -0.0718. The smallest absolute Gasteiger partial charge is 0.200 e. The van der Waals surface area contributed by atoms with E-state index in [4.69, 9.17) is 9.15 Å². The van der Waals surface area contributed by atoms with Crippen LogP contribution in [0, 0.1) is 6.92 Å². The Morgan fingerprint density at radius 3 is 2.50 bits per heavy atom. The molecule has 0 fully saturated rings. The average Bonchev–Trinajstić information content (AvgIpc) is 2.74. The van der Waals surface area contributed by atoms with Crippen LogP contribution in [-0.2, 0) is 0 Å². The normalized spacial score (nSPS) is 10.7. The zero-order valence-electron chi connectivity index (χ0n) is 10.8. The van der Waals surface area contributed by atoms with Crippen molar-refractivity contribution in [2.45, 2.75) is 26.9 Å². The summed E-state index contributed by atoms with van der Waals surface area (Å²) < 4.78 is 10.8. The standard InChI is InChI=1S/C15H16O3/c1-10(2)18-14-7-5-4-6-13(14)15(16)12-8-9-17-11(12)3/h4-10H,1-3H3. The highest BCUT2D eigenvalue weighted by molar-refractivity contribution is 6.11. The molecule has 3 heteroatoms. The lowest BCUT2D eigenvalue weighted by atomic mass is 10.0. The maximum Gasteiger partial charge on any atom is 0.200 e. The van der Waals surface area contributed by atoms with Gasteiger partial charge in [-0.05, 0) is 39.0 Å². The molecule has 0 amide bonds. The minimum Gasteiger partial charge on any atom is -0.490 e. The molecule has 2 rings (SSSR count). The molecule has 1 aromatic heterocycles. The molecule has 3 nitrogen and oxygen atoms in total. The first-order valence-corrected chi connectivity index (χ1v) is 5.94. The van der Waals surface area contributed by atoms with Crippen molar-refractivity contribution in [3.8, 4) is 5.75 Å². The van der Waals surface area contributed by atoms with Crippen molar-refractivity contribution in [3.05, 3.63) is 53.5 Å². The molecule has 0 radical (unpaired) electrons. The van der Waals surface area contributed by atoms with E-state index >= 15 is 0 Å². The topological polar surface area (TPSA) is 39.4 Å². The Labute approximate surface area is 106 Å². The number of para-hydroxylation sites is 1. The molecule has 1 heterocycles. The molecule has 1 aromatic carbocycles. The van der Waals surface area contributed by atoms with Crippen LogP contribution in [0.1, 0.15) is 35.5 Å². The molecule has 0 aliphatic carbocycles. The summed E-state index contributed by atoms with van der Waals surface area (Å²) in [6.07, 6.45) is 1.55. The van der Waals surface area contributed by atoms with E-state index in [1.807, 2.05) is 32.0 Å². The number of rotatable bonds is 4. The second-order valence-electron chi connectivity index (χ2n) is 4.38. The Morgan fingerprint density at radius 1 is 1.17 bits per heavy atom. The van der Waals surface area contributed by atoms with Crippen LogP contribution in [0.25, 0.3) is 0 Å². The van der Waals surface area contributed by atoms with E-state index in [2.05, 4.69) is 0 Å². The van der Waals surface area contributed by atoms with Gasteiger partial charge in [-0.1, -0.05) is 12.1 Å². The molecule has 94 valence electrons. The van der Waals surface area contributed by atoms with Gasteiger partial charge in [-0.3, -0.25) is 4.79 Å². The number of ketones is 1. The van der Waals surface area contributed by atoms with Gasteiger partial charge in [-0.15, -0.1) is 0 Å². The van der Waals surface area contributed by atoms with Crippen molar-refractivity contribution in [1.29, 1.82) is 0 Å². The van der Waals surface area contributed by atoms with Crippen LogP contribution in [0.3, 0.4) is 0 Å². The van der Waals surface area contributed by atoms with Gasteiger partial charge in [-0.25, -0.2) is 0 Å². The highest BCUT2D eigenvalue weighted by Gasteiger charge is 2.18. The summed E-state index contributed by atoms with van der Waals surface area (Å²) in [6.45, 7) is 5.65. The summed E-state index contributed by atoms with van der Waals surface area (Å²) in [6, 6.07) is 8.95. The monoisotopic (exact) mass is 244 g/mol. The van der Waals surface area contributed by atoms with Crippen LogP contribution in [-0.4, -0.2) is 11.9 Å². The molecule has 0 saturated heterocycles. The van der Waals surface area contributed by atoms with Crippen molar-refractivity contribution in [2.24, 2.45) is 0 Å². The van der Waals surface area contributed by atoms with Gasteiger partial charge in [0.15, 0.2) is 5.78 Å². The van der Waals surface area contributed by atoms with E-state index in [9.17, 15) is 4.79 Å². The summed E-state index contributed by atoms with van der Waals surface area (Å²) in [7, 11) is 0. The lowest BCUT2D eigenvalue weighted by Crippen LogP contribution is -2.10. The number of carbonyl (C=O) groups excluding carboxylic acids is 1. The molecular formula is C15H16O3. The van der Waals surface area contributed by atoms with Gasteiger partial charge in [-0.2, -0.15) is 0 Å². The third-order valence-corrected chi connectivity index (χ3v) is 2.60. The molecule has 0 atom stereocenters. The van der Waals surface area contributed by atoms with Crippen molar-refractivity contribution < 1.29 is 13.9 Å². The van der Waals surface area contributed by atoms with E-state index in [0.717, 1.165) is 0 Å². The Balaban J connectivity index is 2.39. The largest absolute Gasteiger partial charge is 0.490 e. The Hall–Kier alpha value is -2.03. The van der Waals surface area contributed by atoms with Crippen LogP contribution in [0.15, 0.2) is 41.0 Å². The molecule has 0 bridgehead atoms. The third-order valence-electron chi connectivity index (χ3n) is 2.60. The average molecular weight is 244 g/mol. The minimum absolute atomic E-state index is 0.0318. The van der Waals surface area contributed by atoms with Crippen molar-refractivity contribution in [3.63, 3.8) is 0 Å². The molecule has 0 unspecified atom stereocenters. The van der Waals surface area contributed by atoms with Gasteiger partial charge in [0.2, 0.25) is 0 Å². The van der Waals surface area contributed by atoms with E-state index in [1.54, 1.807) is 19.1 Å². The summed E-state index contributed by atoms with van der Waals surface area (Å²) in [5, 5.41) is 0. The lowest BCUT2D eigenvalue weighted by Gasteiger charge is -2.13. The number of ether oxygens (including phenoxy) is 1. The Kier molecular flexibility index (Phi) is 3.51. The van der Waals surface area contributed by atoms with Gasteiger partial charge >= 0.3 is 0 Å². The lowest BCUT2D eigenvalue weighted by molar-refractivity contribution is 0.103. The van der Waals surface area contributed by atoms with E-state index in [0.29, 0.717) is 22.6 Å². The van der Waals surface area contributed by atoms with Crippen LogP contribution in [0.2, 0.25) is 0 Å². The zero-order valence-corrected chi connectivity index (χ0v) is 10.8. The summed E-state index contributed by atoms with van der Waals surface area (Å²) in [5.41, 5.74) is 1.14. The second-order valence-corrected chi connectivity index (χ2v) is 4.38. The fraction of sp³-hybridized carbons (Fsp3) is 0.267. The number of furan rings is 1. The number of benzene rings is 1. The number of carbonyl (C=O) groups is 1. The van der Waals surface area contributed by atoms with E-state index < -0.39 is 0 Å². The van der Waals surface area contributed by atoms with Gasteiger partial charge in [0.05, 0.1) is 23.5 Å². The predicted octanol–water partition coefficient (Wildman–Crippen LogP) is 3.61. The number of hydrogen-bond acceptors (Lipinski definition) is 3. The Bertz CT molecular complexity index is 552. The van der Waals surface area contributed by atoms with Gasteiger partial charge in [0.1, 0.15) is 11.5 Å². The van der Waals surface area contributed by atoms with E-state index in [-0.39, 0.29) is 11.9 Å². The van der Waals surface area contributed by atoms with Gasteiger partial charge in [0.25, 0.3) is 0 Å². The van der Waals surface area contributed by atoms with Crippen molar-refractivity contribution in [1.82, 2.24) is 0 Å². The molecule has 0 spiro atoms. The molecule has 2 aromatic rings. The van der Waals surface area contributed by atoms with Crippen molar-refractivity contribution in [2.75, 3.05) is 0 Å².